The minimum absolute atomic E-state index is 0.0348. The highest BCUT2D eigenvalue weighted by Crippen LogP contribution is 2.26. The van der Waals surface area contributed by atoms with Crippen LogP contribution in [0.4, 0.5) is 19.3 Å². The smallest absolute Gasteiger partial charge is 0.312 e. The van der Waals surface area contributed by atoms with Gasteiger partial charge in [-0.2, -0.15) is 8.78 Å². The van der Waals surface area contributed by atoms with Crippen LogP contribution in [0.3, 0.4) is 0 Å². The molecule has 4 N–H and O–H groups in total. The largest absolute Gasteiger partial charge is 0.352 e. The number of benzene rings is 2. The SMILES string of the molecule is NC(=O)N[C@H](CC(=O)Nc1ccc(SC(F)F)cc1)c1cccc(Br)c1. The number of amides is 3. The molecule has 0 bridgehead atoms. The number of nitrogens with two attached hydrogens (primary N) is 1. The van der Waals surface area contributed by atoms with Crippen molar-refractivity contribution in [3.05, 3.63) is 58.6 Å². The topological polar surface area (TPSA) is 84.2 Å². The van der Waals surface area contributed by atoms with Crippen molar-refractivity contribution in [3.63, 3.8) is 0 Å². The highest BCUT2D eigenvalue weighted by atomic mass is 79.9. The second-order valence-corrected chi connectivity index (χ2v) is 7.25. The van der Waals surface area contributed by atoms with Crippen molar-refractivity contribution >= 4 is 45.3 Å². The van der Waals surface area contributed by atoms with Gasteiger partial charge in [0.2, 0.25) is 5.91 Å². The number of anilines is 1. The maximum atomic E-state index is 12.3. The number of carbonyl (C=O) groups is 2. The molecular weight excluding hydrogens is 428 g/mol. The van der Waals surface area contributed by atoms with Gasteiger partial charge in [-0.15, -0.1) is 0 Å². The van der Waals surface area contributed by atoms with E-state index in [4.69, 9.17) is 5.73 Å². The summed E-state index contributed by atoms with van der Waals surface area (Å²) in [5.74, 6) is -2.85. The van der Waals surface area contributed by atoms with Crippen molar-refractivity contribution < 1.29 is 18.4 Å². The van der Waals surface area contributed by atoms with E-state index in [0.717, 1.165) is 10.0 Å². The lowest BCUT2D eigenvalue weighted by molar-refractivity contribution is -0.116. The van der Waals surface area contributed by atoms with Crippen LogP contribution in [0.15, 0.2) is 57.9 Å². The summed E-state index contributed by atoms with van der Waals surface area (Å²) in [6, 6.07) is 11.9. The van der Waals surface area contributed by atoms with Crippen molar-refractivity contribution in [1.82, 2.24) is 5.32 Å². The van der Waals surface area contributed by atoms with Crippen LogP contribution >= 0.6 is 27.7 Å². The maximum Gasteiger partial charge on any atom is 0.312 e. The van der Waals surface area contributed by atoms with Crippen LogP contribution in [-0.4, -0.2) is 17.7 Å². The fourth-order valence-corrected chi connectivity index (χ4v) is 3.18. The average Bonchev–Trinajstić information content (AvgIpc) is 2.55. The zero-order chi connectivity index (χ0) is 19.1. The quantitative estimate of drug-likeness (QED) is 0.550. The van der Waals surface area contributed by atoms with E-state index in [1.54, 1.807) is 18.2 Å². The monoisotopic (exact) mass is 443 g/mol. The van der Waals surface area contributed by atoms with Crippen molar-refractivity contribution in [2.24, 2.45) is 5.73 Å². The van der Waals surface area contributed by atoms with E-state index in [0.29, 0.717) is 22.3 Å². The lowest BCUT2D eigenvalue weighted by Crippen LogP contribution is -2.35. The predicted octanol–water partition coefficient (Wildman–Crippen LogP) is 4.50. The fourth-order valence-electron chi connectivity index (χ4n) is 2.26. The molecule has 138 valence electrons. The first kappa shape index (κ1) is 20.2. The normalized spacial score (nSPS) is 11.8. The lowest BCUT2D eigenvalue weighted by atomic mass is 10.0. The van der Waals surface area contributed by atoms with E-state index in [9.17, 15) is 18.4 Å². The Balaban J connectivity index is 2.03. The van der Waals surface area contributed by atoms with Crippen LogP contribution in [0.25, 0.3) is 0 Å². The number of primary amides is 1. The number of urea groups is 1. The molecule has 0 aliphatic carbocycles. The van der Waals surface area contributed by atoms with E-state index in [2.05, 4.69) is 26.6 Å². The second-order valence-electron chi connectivity index (χ2n) is 5.27. The van der Waals surface area contributed by atoms with Gasteiger partial charge in [-0.25, -0.2) is 4.79 Å². The zero-order valence-electron chi connectivity index (χ0n) is 13.4. The van der Waals surface area contributed by atoms with E-state index >= 15 is 0 Å². The van der Waals surface area contributed by atoms with Gasteiger partial charge in [0.05, 0.1) is 12.5 Å². The Morgan fingerprint density at radius 3 is 2.42 bits per heavy atom. The molecule has 5 nitrogen and oxygen atoms in total. The van der Waals surface area contributed by atoms with Gasteiger partial charge < -0.3 is 16.4 Å². The molecule has 2 rings (SSSR count). The lowest BCUT2D eigenvalue weighted by Gasteiger charge is -2.18. The molecule has 0 heterocycles. The van der Waals surface area contributed by atoms with Crippen molar-refractivity contribution in [3.8, 4) is 0 Å². The Morgan fingerprint density at radius 2 is 1.85 bits per heavy atom. The van der Waals surface area contributed by atoms with Crippen LogP contribution in [0, 0.1) is 0 Å². The summed E-state index contributed by atoms with van der Waals surface area (Å²) in [5, 5.41) is 5.21. The molecule has 3 amide bonds. The highest BCUT2D eigenvalue weighted by Gasteiger charge is 2.18. The van der Waals surface area contributed by atoms with Gasteiger partial charge in [0.15, 0.2) is 0 Å². The second kappa shape index (κ2) is 9.54. The minimum atomic E-state index is -2.50. The summed E-state index contributed by atoms with van der Waals surface area (Å²) in [6.07, 6.45) is -0.0348. The number of hydrogen-bond donors (Lipinski definition) is 3. The Kier molecular flexibility index (Phi) is 7.40. The summed E-state index contributed by atoms with van der Waals surface area (Å²) in [4.78, 5) is 23.9. The molecular formula is C17H16BrF2N3O2S. The van der Waals surface area contributed by atoms with Crippen LogP contribution in [0.2, 0.25) is 0 Å². The van der Waals surface area contributed by atoms with Crippen molar-refractivity contribution in [1.29, 1.82) is 0 Å². The molecule has 0 saturated carbocycles. The van der Waals surface area contributed by atoms with Gasteiger partial charge >= 0.3 is 6.03 Å². The molecule has 2 aromatic rings. The number of nitrogens with one attached hydrogen (secondary N) is 2. The summed E-state index contributed by atoms with van der Waals surface area (Å²) in [7, 11) is 0. The number of rotatable bonds is 7. The average molecular weight is 444 g/mol. The maximum absolute atomic E-state index is 12.3. The first-order chi connectivity index (χ1) is 12.3. The number of carbonyl (C=O) groups excluding carboxylic acids is 2. The van der Waals surface area contributed by atoms with Gasteiger partial charge in [0.25, 0.3) is 5.76 Å². The van der Waals surface area contributed by atoms with Crippen LogP contribution in [0.5, 0.6) is 0 Å². The third kappa shape index (κ3) is 6.64. The minimum Gasteiger partial charge on any atom is -0.352 e. The number of hydrogen-bond acceptors (Lipinski definition) is 3. The van der Waals surface area contributed by atoms with E-state index in [-0.39, 0.29) is 12.3 Å². The first-order valence-corrected chi connectivity index (χ1v) is 9.17. The number of alkyl halides is 2. The molecule has 0 radical (unpaired) electrons. The van der Waals surface area contributed by atoms with Gasteiger partial charge in [-0.05, 0) is 42.0 Å². The fraction of sp³-hybridized carbons (Fsp3) is 0.176. The first-order valence-electron chi connectivity index (χ1n) is 7.49. The third-order valence-corrected chi connectivity index (χ3v) is 4.54. The predicted molar refractivity (Wildman–Crippen MR) is 101 cm³/mol. The third-order valence-electron chi connectivity index (χ3n) is 3.32. The highest BCUT2D eigenvalue weighted by molar-refractivity contribution is 9.10. The number of thioether (sulfide) groups is 1. The molecule has 0 unspecified atom stereocenters. The zero-order valence-corrected chi connectivity index (χ0v) is 15.8. The molecule has 0 fully saturated rings. The Hall–Kier alpha value is -2.13. The summed E-state index contributed by atoms with van der Waals surface area (Å²) >= 11 is 3.77. The van der Waals surface area contributed by atoms with Gasteiger partial charge in [-0.3, -0.25) is 4.79 Å². The van der Waals surface area contributed by atoms with Crippen molar-refractivity contribution in [2.75, 3.05) is 5.32 Å². The molecule has 0 aromatic heterocycles. The number of halogens is 3. The van der Waals surface area contributed by atoms with E-state index in [1.165, 1.54) is 24.3 Å². The Labute approximate surface area is 161 Å². The summed E-state index contributed by atoms with van der Waals surface area (Å²) < 4.78 is 25.4. The van der Waals surface area contributed by atoms with E-state index in [1.807, 2.05) is 6.07 Å². The summed E-state index contributed by atoms with van der Waals surface area (Å²) in [6.45, 7) is 0. The van der Waals surface area contributed by atoms with Gasteiger partial charge in [0.1, 0.15) is 0 Å². The molecule has 0 spiro atoms. The van der Waals surface area contributed by atoms with E-state index < -0.39 is 17.8 Å². The molecule has 0 saturated heterocycles. The summed E-state index contributed by atoms with van der Waals surface area (Å²) in [5.41, 5.74) is 6.39. The van der Waals surface area contributed by atoms with Crippen LogP contribution in [-0.2, 0) is 4.79 Å². The molecule has 1 atom stereocenters. The Morgan fingerprint density at radius 1 is 1.15 bits per heavy atom. The van der Waals surface area contributed by atoms with Gasteiger partial charge in [-0.1, -0.05) is 39.8 Å². The molecule has 0 aliphatic rings. The molecule has 0 aliphatic heterocycles. The van der Waals surface area contributed by atoms with Crippen LogP contribution < -0.4 is 16.4 Å². The molecule has 9 heteroatoms. The Bertz CT molecular complexity index is 775. The standard InChI is InChI=1S/C17H16BrF2N3O2S/c18-11-3-1-2-10(8-11)14(23-17(21)25)9-15(24)22-12-4-6-13(7-5-12)26-16(19)20/h1-8,14,16H,9H2,(H,22,24)(H3,21,23,25)/t14-/m1/s1. The molecule has 26 heavy (non-hydrogen) atoms. The molecule has 2 aromatic carbocycles. The van der Waals surface area contributed by atoms with Crippen LogP contribution in [0.1, 0.15) is 18.0 Å². The van der Waals surface area contributed by atoms with Crippen molar-refractivity contribution in [2.45, 2.75) is 23.1 Å². The van der Waals surface area contributed by atoms with Gasteiger partial charge in [0, 0.05) is 15.1 Å².